The molecule has 0 aromatic heterocycles. The molecule has 0 aliphatic heterocycles. The van der Waals surface area contributed by atoms with E-state index in [-0.39, 0.29) is 6.04 Å². The summed E-state index contributed by atoms with van der Waals surface area (Å²) >= 11 is 0. The number of unbranched alkanes of at least 4 members (excludes halogenated alkanes) is 6. The molecule has 1 unspecified atom stereocenters. The molecule has 0 heterocycles. The van der Waals surface area contributed by atoms with Crippen LogP contribution in [0, 0.1) is 6.92 Å². The Morgan fingerprint density at radius 1 is 0.788 bits per heavy atom. The minimum absolute atomic E-state index is 0.244. The second-order valence-corrected chi connectivity index (χ2v) is 8.95. The van der Waals surface area contributed by atoms with Gasteiger partial charge in [0.25, 0.3) is 0 Å². The molecule has 1 atom stereocenters. The maximum absolute atomic E-state index is 6.18. The van der Waals surface area contributed by atoms with Gasteiger partial charge < -0.3 is 19.1 Å². The van der Waals surface area contributed by atoms with Crippen molar-refractivity contribution in [1.82, 2.24) is 0 Å². The van der Waals surface area contributed by atoms with Crippen molar-refractivity contribution in [1.29, 1.82) is 0 Å². The van der Waals surface area contributed by atoms with E-state index >= 15 is 0 Å². The molecule has 0 amide bonds. The highest BCUT2D eigenvalue weighted by atomic mass is 16.5. The summed E-state index contributed by atoms with van der Waals surface area (Å²) in [7, 11) is 1.68. The van der Waals surface area contributed by atoms with E-state index in [2.05, 4.69) is 50.8 Å². The van der Waals surface area contributed by atoms with Crippen LogP contribution in [0.3, 0.4) is 0 Å². The Labute approximate surface area is 202 Å². The zero-order chi connectivity index (χ0) is 23.9. The lowest BCUT2D eigenvalue weighted by atomic mass is 10.1. The van der Waals surface area contributed by atoms with Gasteiger partial charge in [-0.05, 0) is 62.6 Å². The molecule has 0 N–H and O–H groups in total. The summed E-state index contributed by atoms with van der Waals surface area (Å²) in [5, 5.41) is 0. The number of aryl methyl sites for hydroxylation is 1. The molecule has 0 radical (unpaired) electrons. The minimum Gasteiger partial charge on any atom is -0.497 e. The summed E-state index contributed by atoms with van der Waals surface area (Å²) in [5.74, 6) is 2.72. The van der Waals surface area contributed by atoms with Gasteiger partial charge in [-0.3, -0.25) is 0 Å². The van der Waals surface area contributed by atoms with E-state index in [0.29, 0.717) is 6.61 Å². The fourth-order valence-electron chi connectivity index (χ4n) is 3.93. The van der Waals surface area contributed by atoms with Gasteiger partial charge in [0.2, 0.25) is 0 Å². The largest absolute Gasteiger partial charge is 0.497 e. The first-order valence-corrected chi connectivity index (χ1v) is 12.9. The van der Waals surface area contributed by atoms with E-state index in [4.69, 9.17) is 14.2 Å². The van der Waals surface area contributed by atoms with Crippen LogP contribution in [0.25, 0.3) is 0 Å². The predicted molar refractivity (Wildman–Crippen MR) is 140 cm³/mol. The van der Waals surface area contributed by atoms with E-state index in [1.54, 1.807) is 7.11 Å². The van der Waals surface area contributed by atoms with Gasteiger partial charge in [-0.15, -0.1) is 0 Å². The van der Waals surface area contributed by atoms with Crippen molar-refractivity contribution < 1.29 is 14.2 Å². The number of ether oxygens (including phenoxy) is 3. The summed E-state index contributed by atoms with van der Waals surface area (Å²) in [6.07, 6.45) is 9.84. The number of hydrogen-bond acceptors (Lipinski definition) is 4. The number of methoxy groups -OCH3 is 1. The molecule has 2 aromatic rings. The number of anilines is 1. The lowest BCUT2D eigenvalue weighted by Gasteiger charge is -2.32. The molecule has 0 aliphatic carbocycles. The average molecular weight is 456 g/mol. The number of nitrogens with zero attached hydrogens (tertiary/aromatic N) is 1. The molecule has 2 aromatic carbocycles. The first-order valence-electron chi connectivity index (χ1n) is 12.9. The highest BCUT2D eigenvalue weighted by molar-refractivity contribution is 5.54. The van der Waals surface area contributed by atoms with Crippen molar-refractivity contribution in [3.05, 3.63) is 48.0 Å². The highest BCUT2D eigenvalue weighted by Crippen LogP contribution is 2.28. The van der Waals surface area contributed by atoms with Gasteiger partial charge in [0.05, 0.1) is 19.8 Å². The molecule has 0 aliphatic rings. The fourth-order valence-corrected chi connectivity index (χ4v) is 3.93. The van der Waals surface area contributed by atoms with Crippen LogP contribution >= 0.6 is 0 Å². The van der Waals surface area contributed by atoms with Crippen LogP contribution < -0.4 is 19.1 Å². The summed E-state index contributed by atoms with van der Waals surface area (Å²) < 4.78 is 17.6. The monoisotopic (exact) mass is 455 g/mol. The molecule has 184 valence electrons. The van der Waals surface area contributed by atoms with E-state index in [1.165, 1.54) is 56.2 Å². The van der Waals surface area contributed by atoms with Crippen molar-refractivity contribution >= 4 is 5.69 Å². The number of rotatable bonds is 17. The van der Waals surface area contributed by atoms with Crippen molar-refractivity contribution in [2.45, 2.75) is 85.1 Å². The van der Waals surface area contributed by atoms with Gasteiger partial charge >= 0.3 is 0 Å². The van der Waals surface area contributed by atoms with E-state index in [9.17, 15) is 0 Å². The molecule has 4 heteroatoms. The quantitative estimate of drug-likeness (QED) is 0.228. The maximum Gasteiger partial charge on any atom is 0.124 e. The maximum atomic E-state index is 6.18. The Kier molecular flexibility index (Phi) is 12.6. The zero-order valence-electron chi connectivity index (χ0n) is 21.6. The van der Waals surface area contributed by atoms with Crippen LogP contribution in [0.15, 0.2) is 42.5 Å². The highest BCUT2D eigenvalue weighted by Gasteiger charge is 2.17. The predicted octanol–water partition coefficient (Wildman–Crippen LogP) is 7.82. The van der Waals surface area contributed by atoms with E-state index < -0.39 is 0 Å². The lowest BCUT2D eigenvalue weighted by molar-refractivity contribution is 0.287. The van der Waals surface area contributed by atoms with Crippen LogP contribution in [0.1, 0.15) is 77.7 Å². The van der Waals surface area contributed by atoms with Crippen LogP contribution in [0.2, 0.25) is 0 Å². The fraction of sp³-hybridized carbons (Fsp3) is 0.586. The van der Waals surface area contributed by atoms with Gasteiger partial charge in [0.1, 0.15) is 23.9 Å². The molecule has 0 spiro atoms. The van der Waals surface area contributed by atoms with Crippen LogP contribution in [0.5, 0.6) is 17.2 Å². The minimum atomic E-state index is 0.244. The molecular formula is C29H45NO3. The summed E-state index contributed by atoms with van der Waals surface area (Å²) in [5.41, 5.74) is 2.41. The molecule has 33 heavy (non-hydrogen) atoms. The first kappa shape index (κ1) is 26.9. The topological polar surface area (TPSA) is 30.9 Å². The van der Waals surface area contributed by atoms with Gasteiger partial charge in [0.15, 0.2) is 0 Å². The Morgan fingerprint density at radius 3 is 2.12 bits per heavy atom. The van der Waals surface area contributed by atoms with Gasteiger partial charge in [0, 0.05) is 18.3 Å². The first-order chi connectivity index (χ1) is 16.1. The molecule has 0 bridgehead atoms. The summed E-state index contributed by atoms with van der Waals surface area (Å²) in [4.78, 5) is 2.47. The summed E-state index contributed by atoms with van der Waals surface area (Å²) in [6, 6.07) is 14.7. The molecule has 2 rings (SSSR count). The molecule has 0 saturated carbocycles. The van der Waals surface area contributed by atoms with Crippen molar-refractivity contribution in [2.75, 3.05) is 31.8 Å². The smallest absolute Gasteiger partial charge is 0.124 e. The molecule has 0 saturated heterocycles. The molecule has 4 nitrogen and oxygen atoms in total. The van der Waals surface area contributed by atoms with Gasteiger partial charge in [-0.25, -0.2) is 0 Å². The molecular weight excluding hydrogens is 410 g/mol. The average Bonchev–Trinajstić information content (AvgIpc) is 2.84. The van der Waals surface area contributed by atoms with E-state index in [1.807, 2.05) is 24.3 Å². The number of benzene rings is 2. The lowest BCUT2D eigenvalue weighted by Crippen LogP contribution is -2.38. The third kappa shape index (κ3) is 9.57. The second kappa shape index (κ2) is 15.5. The molecule has 0 fully saturated rings. The van der Waals surface area contributed by atoms with Crippen LogP contribution in [0.4, 0.5) is 5.69 Å². The van der Waals surface area contributed by atoms with Crippen molar-refractivity contribution in [2.24, 2.45) is 0 Å². The van der Waals surface area contributed by atoms with Gasteiger partial charge in [-0.2, -0.15) is 0 Å². The Bertz CT molecular complexity index is 775. The second-order valence-electron chi connectivity index (χ2n) is 8.95. The van der Waals surface area contributed by atoms with Crippen molar-refractivity contribution in [3.63, 3.8) is 0 Å². The van der Waals surface area contributed by atoms with Gasteiger partial charge in [-0.1, -0.05) is 58.4 Å². The Hall–Kier alpha value is -2.36. The third-order valence-corrected chi connectivity index (χ3v) is 6.09. The van der Waals surface area contributed by atoms with Crippen LogP contribution in [-0.2, 0) is 0 Å². The summed E-state index contributed by atoms with van der Waals surface area (Å²) in [6.45, 7) is 11.3. The standard InChI is InChI=1S/C29H45NO3/c1-6-8-10-12-20-30(25(4)23-33-28-18-16-27(31-5)17-19-28)26-15-14-24(3)29(22-26)32-21-13-11-9-7-2/h14-19,22,25H,6-13,20-21,23H2,1-5H3. The zero-order valence-corrected chi connectivity index (χ0v) is 21.6. The Balaban J connectivity index is 2.06. The van der Waals surface area contributed by atoms with Crippen molar-refractivity contribution in [3.8, 4) is 17.2 Å². The van der Waals surface area contributed by atoms with Crippen LogP contribution in [-0.4, -0.2) is 32.9 Å². The SMILES string of the molecule is CCCCCCOc1cc(N(CCCCCC)C(C)COc2ccc(OC)cc2)ccc1C. The normalized spacial score (nSPS) is 11.8. The van der Waals surface area contributed by atoms with E-state index in [0.717, 1.165) is 36.8 Å². The number of hydrogen-bond donors (Lipinski definition) is 0. The third-order valence-electron chi connectivity index (χ3n) is 6.09. The Morgan fingerprint density at radius 2 is 1.45 bits per heavy atom.